The van der Waals surface area contributed by atoms with E-state index in [1.165, 1.54) is 0 Å². The average Bonchev–Trinajstić information content (AvgIpc) is 2.81. The van der Waals surface area contributed by atoms with Crippen LogP contribution in [-0.2, 0) is 16.1 Å². The Hall–Kier alpha value is -1.10. The highest BCUT2D eigenvalue weighted by Gasteiger charge is 2.34. The van der Waals surface area contributed by atoms with Gasteiger partial charge in [0.05, 0.1) is 12.1 Å². The number of methoxy groups -OCH3 is 1. The summed E-state index contributed by atoms with van der Waals surface area (Å²) in [7, 11) is 3.64. The number of aryl methyl sites for hydroxylation is 1. The topological polar surface area (TPSA) is 41.6 Å². The SMILES string of the molecule is CO[C@H]1C[C@@H](C(=O)NCc2cc(Cl)ccc2C)N(C)C1. The summed E-state index contributed by atoms with van der Waals surface area (Å²) in [6.07, 6.45) is 0.886. The highest BCUT2D eigenvalue weighted by Crippen LogP contribution is 2.19. The van der Waals surface area contributed by atoms with Gasteiger partial charge in [0.25, 0.3) is 0 Å². The quantitative estimate of drug-likeness (QED) is 0.924. The summed E-state index contributed by atoms with van der Waals surface area (Å²) in [5.74, 6) is 0.0476. The molecule has 1 aromatic rings. The van der Waals surface area contributed by atoms with Crippen LogP contribution in [0.15, 0.2) is 18.2 Å². The van der Waals surface area contributed by atoms with Crippen molar-refractivity contribution >= 4 is 17.5 Å². The molecule has 1 saturated heterocycles. The van der Waals surface area contributed by atoms with Gasteiger partial charge in [-0.25, -0.2) is 0 Å². The van der Waals surface area contributed by atoms with Gasteiger partial charge in [0.2, 0.25) is 5.91 Å². The van der Waals surface area contributed by atoms with Crippen molar-refractivity contribution in [2.45, 2.75) is 32.0 Å². The molecule has 0 aliphatic carbocycles. The number of likely N-dealkylation sites (tertiary alicyclic amines) is 1. The van der Waals surface area contributed by atoms with Crippen LogP contribution in [0.5, 0.6) is 0 Å². The molecule has 1 N–H and O–H groups in total. The zero-order valence-corrected chi connectivity index (χ0v) is 12.9. The number of nitrogens with one attached hydrogen (secondary N) is 1. The van der Waals surface area contributed by atoms with Crippen LogP contribution in [0.3, 0.4) is 0 Å². The molecule has 0 unspecified atom stereocenters. The van der Waals surface area contributed by atoms with E-state index in [1.54, 1.807) is 7.11 Å². The first kappa shape index (κ1) is 15.3. The lowest BCUT2D eigenvalue weighted by atomic mass is 10.1. The molecule has 2 atom stereocenters. The number of rotatable bonds is 4. The number of hydrogen-bond donors (Lipinski definition) is 1. The molecule has 0 bridgehead atoms. The predicted molar refractivity (Wildman–Crippen MR) is 79.9 cm³/mol. The summed E-state index contributed by atoms with van der Waals surface area (Å²) < 4.78 is 5.32. The van der Waals surface area contributed by atoms with Gasteiger partial charge in [-0.3, -0.25) is 9.69 Å². The van der Waals surface area contributed by atoms with Crippen molar-refractivity contribution in [3.63, 3.8) is 0 Å². The summed E-state index contributed by atoms with van der Waals surface area (Å²) in [5, 5.41) is 3.68. The molecule has 1 amide bonds. The van der Waals surface area contributed by atoms with Gasteiger partial charge in [-0.2, -0.15) is 0 Å². The molecule has 1 aliphatic rings. The number of nitrogens with zero attached hydrogens (tertiary/aromatic N) is 1. The van der Waals surface area contributed by atoms with Gasteiger partial charge in [0.15, 0.2) is 0 Å². The van der Waals surface area contributed by atoms with E-state index in [0.717, 1.165) is 24.1 Å². The summed E-state index contributed by atoms with van der Waals surface area (Å²) in [6, 6.07) is 5.61. The van der Waals surface area contributed by atoms with Crippen molar-refractivity contribution in [3.05, 3.63) is 34.3 Å². The maximum Gasteiger partial charge on any atom is 0.237 e. The first-order valence-electron chi connectivity index (χ1n) is 6.77. The molecule has 4 nitrogen and oxygen atoms in total. The van der Waals surface area contributed by atoms with E-state index in [9.17, 15) is 4.79 Å². The summed E-state index contributed by atoms with van der Waals surface area (Å²) >= 11 is 5.98. The molecule has 20 heavy (non-hydrogen) atoms. The zero-order chi connectivity index (χ0) is 14.7. The summed E-state index contributed by atoms with van der Waals surface area (Å²) in [5.41, 5.74) is 2.18. The summed E-state index contributed by atoms with van der Waals surface area (Å²) in [6.45, 7) is 3.32. The Morgan fingerprint density at radius 2 is 2.30 bits per heavy atom. The van der Waals surface area contributed by atoms with E-state index in [1.807, 2.05) is 37.1 Å². The van der Waals surface area contributed by atoms with E-state index >= 15 is 0 Å². The smallest absolute Gasteiger partial charge is 0.237 e. The average molecular weight is 297 g/mol. The number of carbonyl (C=O) groups excluding carboxylic acids is 1. The van der Waals surface area contributed by atoms with E-state index in [4.69, 9.17) is 16.3 Å². The fourth-order valence-corrected chi connectivity index (χ4v) is 2.76. The molecule has 110 valence electrons. The minimum atomic E-state index is -0.112. The van der Waals surface area contributed by atoms with Crippen LogP contribution < -0.4 is 5.32 Å². The third kappa shape index (κ3) is 3.51. The molecule has 5 heteroatoms. The Kier molecular flexibility index (Phi) is 5.02. The molecule has 1 heterocycles. The lowest BCUT2D eigenvalue weighted by Gasteiger charge is -2.18. The Morgan fingerprint density at radius 3 is 2.95 bits per heavy atom. The highest BCUT2D eigenvalue weighted by molar-refractivity contribution is 6.30. The first-order chi connectivity index (χ1) is 9.51. The number of halogens is 1. The number of likely N-dealkylation sites (N-methyl/N-ethyl adjacent to an activating group) is 1. The van der Waals surface area contributed by atoms with Gasteiger partial charge in [-0.1, -0.05) is 17.7 Å². The van der Waals surface area contributed by atoms with Crippen molar-refractivity contribution in [3.8, 4) is 0 Å². The third-order valence-corrected chi connectivity index (χ3v) is 4.15. The van der Waals surface area contributed by atoms with Crippen LogP contribution >= 0.6 is 11.6 Å². The second-order valence-corrected chi connectivity index (χ2v) is 5.77. The lowest BCUT2D eigenvalue weighted by Crippen LogP contribution is -2.41. The maximum absolute atomic E-state index is 12.2. The highest BCUT2D eigenvalue weighted by atomic mass is 35.5. The molecule has 0 saturated carbocycles. The Labute approximate surface area is 125 Å². The van der Waals surface area contributed by atoms with E-state index < -0.39 is 0 Å². The number of hydrogen-bond acceptors (Lipinski definition) is 3. The predicted octanol–water partition coefficient (Wildman–Crippen LogP) is 1.98. The molecular formula is C15H21ClN2O2. The van der Waals surface area contributed by atoms with E-state index in [0.29, 0.717) is 11.6 Å². The van der Waals surface area contributed by atoms with Crippen LogP contribution in [0, 0.1) is 6.92 Å². The van der Waals surface area contributed by atoms with Crippen LogP contribution in [-0.4, -0.2) is 43.7 Å². The fraction of sp³-hybridized carbons (Fsp3) is 0.533. The monoisotopic (exact) mass is 296 g/mol. The lowest BCUT2D eigenvalue weighted by molar-refractivity contribution is -0.125. The zero-order valence-electron chi connectivity index (χ0n) is 12.1. The van der Waals surface area contributed by atoms with Gasteiger partial charge in [-0.15, -0.1) is 0 Å². The van der Waals surface area contributed by atoms with Crippen molar-refractivity contribution in [2.75, 3.05) is 20.7 Å². The van der Waals surface area contributed by atoms with Gasteiger partial charge in [0, 0.05) is 25.2 Å². The number of benzene rings is 1. The Bertz CT molecular complexity index is 493. The molecule has 0 spiro atoms. The van der Waals surface area contributed by atoms with Crippen molar-refractivity contribution in [2.24, 2.45) is 0 Å². The van der Waals surface area contributed by atoms with Crippen LogP contribution in [0.25, 0.3) is 0 Å². The van der Waals surface area contributed by atoms with Gasteiger partial charge in [0.1, 0.15) is 0 Å². The largest absolute Gasteiger partial charge is 0.380 e. The van der Waals surface area contributed by atoms with E-state index in [-0.39, 0.29) is 18.1 Å². The molecule has 1 fully saturated rings. The van der Waals surface area contributed by atoms with Crippen LogP contribution in [0.4, 0.5) is 0 Å². The first-order valence-corrected chi connectivity index (χ1v) is 7.15. The molecule has 1 aromatic carbocycles. The van der Waals surface area contributed by atoms with Crippen molar-refractivity contribution < 1.29 is 9.53 Å². The van der Waals surface area contributed by atoms with Gasteiger partial charge < -0.3 is 10.1 Å². The second-order valence-electron chi connectivity index (χ2n) is 5.34. The standard InChI is InChI=1S/C15H21ClN2O2/c1-10-4-5-12(16)6-11(10)8-17-15(19)14-7-13(20-3)9-18(14)2/h4-6,13-14H,7-9H2,1-3H3,(H,17,19)/t13-,14-/m0/s1. The number of carbonyl (C=O) groups is 1. The fourth-order valence-electron chi connectivity index (χ4n) is 2.56. The maximum atomic E-state index is 12.2. The Morgan fingerprint density at radius 1 is 1.55 bits per heavy atom. The summed E-state index contributed by atoms with van der Waals surface area (Å²) in [4.78, 5) is 14.3. The second kappa shape index (κ2) is 6.57. The van der Waals surface area contributed by atoms with E-state index in [2.05, 4.69) is 5.32 Å². The number of amides is 1. The molecule has 1 aliphatic heterocycles. The van der Waals surface area contributed by atoms with Crippen LogP contribution in [0.2, 0.25) is 5.02 Å². The number of ether oxygens (including phenoxy) is 1. The molecule has 0 aromatic heterocycles. The molecule has 2 rings (SSSR count). The minimum absolute atomic E-state index is 0.0476. The third-order valence-electron chi connectivity index (χ3n) is 3.91. The van der Waals surface area contributed by atoms with Gasteiger partial charge in [-0.05, 0) is 43.7 Å². The molecular weight excluding hydrogens is 276 g/mol. The van der Waals surface area contributed by atoms with Crippen molar-refractivity contribution in [1.29, 1.82) is 0 Å². The Balaban J connectivity index is 1.94. The van der Waals surface area contributed by atoms with Gasteiger partial charge >= 0.3 is 0 Å². The van der Waals surface area contributed by atoms with Crippen LogP contribution in [0.1, 0.15) is 17.5 Å². The molecule has 0 radical (unpaired) electrons. The minimum Gasteiger partial charge on any atom is -0.380 e. The van der Waals surface area contributed by atoms with Crippen molar-refractivity contribution in [1.82, 2.24) is 10.2 Å². The normalized spacial score (nSPS) is 23.0.